The maximum absolute atomic E-state index is 4.82. The van der Waals surface area contributed by atoms with Crippen LogP contribution in [0.1, 0.15) is 47.0 Å². The van der Waals surface area contributed by atoms with Crippen molar-refractivity contribution >= 4 is 29.9 Å². The molecule has 1 fully saturated rings. The molecular weight excluding hydrogens is 401 g/mol. The Bertz CT molecular complexity index is 327. The van der Waals surface area contributed by atoms with Crippen molar-refractivity contribution in [3.63, 3.8) is 0 Å². The van der Waals surface area contributed by atoms with Crippen LogP contribution in [-0.4, -0.2) is 74.2 Å². The van der Waals surface area contributed by atoms with Crippen LogP contribution in [0.4, 0.5) is 0 Å². The Kier molecular flexibility index (Phi) is 12.3. The predicted molar refractivity (Wildman–Crippen MR) is 112 cm³/mol. The van der Waals surface area contributed by atoms with Gasteiger partial charge in [0.2, 0.25) is 0 Å². The Morgan fingerprint density at radius 2 is 1.78 bits per heavy atom. The van der Waals surface area contributed by atoms with E-state index in [0.717, 1.165) is 38.7 Å². The number of halogens is 1. The van der Waals surface area contributed by atoms with Gasteiger partial charge >= 0.3 is 0 Å². The van der Waals surface area contributed by atoms with Gasteiger partial charge in [0.05, 0.1) is 6.54 Å². The minimum Gasteiger partial charge on any atom is -0.357 e. The summed E-state index contributed by atoms with van der Waals surface area (Å²) in [5.74, 6) is 0.942. The Labute approximate surface area is 160 Å². The number of guanidine groups is 1. The summed E-state index contributed by atoms with van der Waals surface area (Å²) in [5, 5.41) is 6.79. The zero-order chi connectivity index (χ0) is 16.4. The molecule has 0 unspecified atom stereocenters. The van der Waals surface area contributed by atoms with E-state index in [1.807, 2.05) is 0 Å². The van der Waals surface area contributed by atoms with Crippen LogP contribution in [0.5, 0.6) is 0 Å². The third kappa shape index (κ3) is 9.10. The normalized spacial score (nSPS) is 17.0. The molecule has 2 N–H and O–H groups in total. The smallest absolute Gasteiger partial charge is 0.191 e. The highest BCUT2D eigenvalue weighted by molar-refractivity contribution is 14.0. The molecule has 0 radical (unpaired) electrons. The molecule has 0 spiro atoms. The Morgan fingerprint density at radius 3 is 2.35 bits per heavy atom. The average molecular weight is 439 g/mol. The molecule has 138 valence electrons. The van der Waals surface area contributed by atoms with Crippen LogP contribution in [0.25, 0.3) is 0 Å². The summed E-state index contributed by atoms with van der Waals surface area (Å²) in [7, 11) is 2.14. The van der Waals surface area contributed by atoms with E-state index in [1.54, 1.807) is 0 Å². The van der Waals surface area contributed by atoms with E-state index in [9.17, 15) is 0 Å². The fourth-order valence-electron chi connectivity index (χ4n) is 2.74. The lowest BCUT2D eigenvalue weighted by molar-refractivity contribution is 0.102. The second kappa shape index (κ2) is 12.3. The fourth-order valence-corrected chi connectivity index (χ4v) is 2.74. The van der Waals surface area contributed by atoms with Crippen molar-refractivity contribution < 1.29 is 0 Å². The van der Waals surface area contributed by atoms with Crippen molar-refractivity contribution in [2.75, 3.05) is 52.9 Å². The van der Waals surface area contributed by atoms with Crippen LogP contribution in [0, 0.1) is 0 Å². The third-order valence-corrected chi connectivity index (χ3v) is 4.51. The number of likely N-dealkylation sites (N-methyl/N-ethyl adjacent to an activating group) is 1. The minimum absolute atomic E-state index is 0. The third-order valence-electron chi connectivity index (χ3n) is 4.51. The van der Waals surface area contributed by atoms with Crippen LogP contribution >= 0.6 is 24.0 Å². The Morgan fingerprint density at radius 1 is 1.13 bits per heavy atom. The predicted octanol–water partition coefficient (Wildman–Crippen LogP) is 2.38. The first kappa shape index (κ1) is 22.9. The van der Waals surface area contributed by atoms with Crippen molar-refractivity contribution in [3.05, 3.63) is 0 Å². The molecule has 0 bridgehead atoms. The lowest BCUT2D eigenvalue weighted by Gasteiger charge is -2.40. The Balaban J connectivity index is 0.00000484. The molecule has 23 heavy (non-hydrogen) atoms. The standard InChI is InChI=1S/C17H37N5.HI/c1-6-18-16(19-11-14-21(5)7-2)20-15-17(3,4)22-12-9-8-10-13-22;/h6-15H2,1-5H3,(H2,18,19,20);1H. The SMILES string of the molecule is CCNC(=NCC(C)(C)N1CCCCC1)NCCN(C)CC.I. The second-order valence-corrected chi connectivity index (χ2v) is 6.88. The first-order valence-corrected chi connectivity index (χ1v) is 8.95. The van der Waals surface area contributed by atoms with E-state index in [-0.39, 0.29) is 29.5 Å². The van der Waals surface area contributed by atoms with Crippen molar-refractivity contribution in [2.45, 2.75) is 52.5 Å². The van der Waals surface area contributed by atoms with E-state index in [1.165, 1.54) is 32.4 Å². The molecule has 0 aromatic heterocycles. The van der Waals surface area contributed by atoms with Crippen LogP contribution in [0.15, 0.2) is 4.99 Å². The molecule has 1 saturated heterocycles. The maximum atomic E-state index is 4.82. The number of rotatable bonds is 8. The molecule has 0 aromatic rings. The van der Waals surface area contributed by atoms with E-state index < -0.39 is 0 Å². The van der Waals surface area contributed by atoms with E-state index >= 15 is 0 Å². The van der Waals surface area contributed by atoms with Crippen molar-refractivity contribution in [1.82, 2.24) is 20.4 Å². The van der Waals surface area contributed by atoms with Crippen molar-refractivity contribution in [1.29, 1.82) is 0 Å². The lowest BCUT2D eigenvalue weighted by atomic mass is 9.99. The van der Waals surface area contributed by atoms with Gasteiger partial charge in [0.1, 0.15) is 0 Å². The molecule has 1 aliphatic rings. The molecule has 6 heteroatoms. The van der Waals surface area contributed by atoms with Gasteiger partial charge in [0.15, 0.2) is 5.96 Å². The molecule has 0 atom stereocenters. The molecule has 0 saturated carbocycles. The number of piperidine rings is 1. The van der Waals surface area contributed by atoms with E-state index in [0.29, 0.717) is 0 Å². The fraction of sp³-hybridized carbons (Fsp3) is 0.941. The highest BCUT2D eigenvalue weighted by Crippen LogP contribution is 2.20. The van der Waals surface area contributed by atoms with Gasteiger partial charge in [-0.2, -0.15) is 0 Å². The summed E-state index contributed by atoms with van der Waals surface area (Å²) in [6.07, 6.45) is 4.04. The van der Waals surface area contributed by atoms with Crippen LogP contribution < -0.4 is 10.6 Å². The zero-order valence-electron chi connectivity index (χ0n) is 15.8. The minimum atomic E-state index is 0. The highest BCUT2D eigenvalue weighted by atomic mass is 127. The number of hydrogen-bond donors (Lipinski definition) is 2. The largest absolute Gasteiger partial charge is 0.357 e. The number of aliphatic imine (C=N–C) groups is 1. The zero-order valence-corrected chi connectivity index (χ0v) is 18.2. The molecule has 0 aliphatic carbocycles. The summed E-state index contributed by atoms with van der Waals surface area (Å²) in [6, 6.07) is 0. The van der Waals surface area contributed by atoms with Gasteiger partial charge in [-0.25, -0.2) is 0 Å². The van der Waals surface area contributed by atoms with Crippen LogP contribution in [0.2, 0.25) is 0 Å². The number of hydrogen-bond acceptors (Lipinski definition) is 3. The average Bonchev–Trinajstić information content (AvgIpc) is 2.53. The molecular formula is C17H38IN5. The molecule has 5 nitrogen and oxygen atoms in total. The summed E-state index contributed by atoms with van der Waals surface area (Å²) in [4.78, 5) is 9.71. The number of nitrogens with zero attached hydrogens (tertiary/aromatic N) is 3. The number of likely N-dealkylation sites (tertiary alicyclic amines) is 1. The van der Waals surface area contributed by atoms with Gasteiger partial charge in [-0.15, -0.1) is 24.0 Å². The lowest BCUT2D eigenvalue weighted by Crippen LogP contribution is -2.50. The van der Waals surface area contributed by atoms with Gasteiger partial charge in [-0.1, -0.05) is 13.3 Å². The van der Waals surface area contributed by atoms with E-state index in [4.69, 9.17) is 4.99 Å². The Hall–Kier alpha value is -0.0800. The van der Waals surface area contributed by atoms with Gasteiger partial charge < -0.3 is 15.5 Å². The van der Waals surface area contributed by atoms with Crippen LogP contribution in [0.3, 0.4) is 0 Å². The van der Waals surface area contributed by atoms with Crippen molar-refractivity contribution in [3.8, 4) is 0 Å². The molecule has 1 aliphatic heterocycles. The number of nitrogens with one attached hydrogen (secondary N) is 2. The quantitative estimate of drug-likeness (QED) is 0.346. The monoisotopic (exact) mass is 439 g/mol. The second-order valence-electron chi connectivity index (χ2n) is 6.88. The summed E-state index contributed by atoms with van der Waals surface area (Å²) in [5.41, 5.74) is 0.142. The molecule has 1 heterocycles. The summed E-state index contributed by atoms with van der Waals surface area (Å²) >= 11 is 0. The van der Waals surface area contributed by atoms with Crippen LogP contribution in [-0.2, 0) is 0 Å². The molecule has 0 aromatic carbocycles. The van der Waals surface area contributed by atoms with Crippen molar-refractivity contribution in [2.24, 2.45) is 4.99 Å². The first-order chi connectivity index (χ1) is 10.5. The van der Waals surface area contributed by atoms with Gasteiger partial charge in [0, 0.05) is 25.2 Å². The topological polar surface area (TPSA) is 42.9 Å². The van der Waals surface area contributed by atoms with Gasteiger partial charge in [-0.05, 0) is 60.3 Å². The van der Waals surface area contributed by atoms with E-state index in [2.05, 4.69) is 55.2 Å². The summed E-state index contributed by atoms with van der Waals surface area (Å²) in [6.45, 7) is 16.2. The highest BCUT2D eigenvalue weighted by Gasteiger charge is 2.27. The first-order valence-electron chi connectivity index (χ1n) is 8.95. The molecule has 1 rings (SSSR count). The molecule has 0 amide bonds. The van der Waals surface area contributed by atoms with Gasteiger partial charge in [-0.3, -0.25) is 9.89 Å². The van der Waals surface area contributed by atoms with Gasteiger partial charge in [0.25, 0.3) is 0 Å². The summed E-state index contributed by atoms with van der Waals surface area (Å²) < 4.78 is 0. The maximum Gasteiger partial charge on any atom is 0.191 e.